The predicted molar refractivity (Wildman–Crippen MR) is 152 cm³/mol. The first-order valence-corrected chi connectivity index (χ1v) is 12.5. The smallest absolute Gasteiger partial charge is 0.151 e. The number of nitrogens with zero attached hydrogens (tertiary/aromatic N) is 2. The molecular formula is C34H24N2O. The van der Waals surface area contributed by atoms with Crippen molar-refractivity contribution in [2.24, 2.45) is 0 Å². The van der Waals surface area contributed by atoms with Gasteiger partial charge in [0.25, 0.3) is 0 Å². The molecule has 1 aliphatic rings. The number of aryl methyl sites for hydroxylation is 1. The van der Waals surface area contributed by atoms with E-state index in [1.165, 1.54) is 11.1 Å². The van der Waals surface area contributed by atoms with Gasteiger partial charge in [-0.05, 0) is 54.4 Å². The summed E-state index contributed by atoms with van der Waals surface area (Å²) in [6.45, 7) is 2.11. The molecule has 3 nitrogen and oxygen atoms in total. The number of benzene rings is 5. The number of fused-ring (bicyclic) bond motifs is 3. The van der Waals surface area contributed by atoms with Gasteiger partial charge in [-0.3, -0.25) is 0 Å². The van der Waals surface area contributed by atoms with E-state index in [2.05, 4.69) is 115 Å². The minimum atomic E-state index is 0.830. The van der Waals surface area contributed by atoms with Crippen LogP contribution in [0.2, 0.25) is 0 Å². The highest BCUT2D eigenvalue weighted by atomic mass is 16.5. The molecule has 0 aliphatic carbocycles. The van der Waals surface area contributed by atoms with E-state index in [1.807, 2.05) is 24.3 Å². The van der Waals surface area contributed by atoms with Crippen molar-refractivity contribution in [3.63, 3.8) is 0 Å². The molecule has 0 unspecified atom stereocenters. The van der Waals surface area contributed by atoms with E-state index < -0.39 is 0 Å². The number of pyridine rings is 1. The van der Waals surface area contributed by atoms with E-state index in [4.69, 9.17) is 9.72 Å². The van der Waals surface area contributed by atoms with E-state index in [-0.39, 0.29) is 0 Å². The highest BCUT2D eigenvalue weighted by Crippen LogP contribution is 2.51. The molecule has 0 N–H and O–H groups in total. The molecule has 0 bridgehead atoms. The number of anilines is 3. The summed E-state index contributed by atoms with van der Waals surface area (Å²) >= 11 is 0. The number of ether oxygens (including phenoxy) is 1. The number of rotatable bonds is 3. The lowest BCUT2D eigenvalue weighted by molar-refractivity contribution is 0.477. The molecule has 1 aliphatic heterocycles. The van der Waals surface area contributed by atoms with Crippen molar-refractivity contribution in [2.75, 3.05) is 4.90 Å². The van der Waals surface area contributed by atoms with Gasteiger partial charge in [0, 0.05) is 10.9 Å². The monoisotopic (exact) mass is 476 g/mol. The Bertz CT molecular complexity index is 1710. The van der Waals surface area contributed by atoms with Gasteiger partial charge in [0.1, 0.15) is 0 Å². The van der Waals surface area contributed by atoms with Crippen LogP contribution < -0.4 is 9.64 Å². The van der Waals surface area contributed by atoms with Crippen molar-refractivity contribution in [1.82, 2.24) is 4.98 Å². The first kappa shape index (κ1) is 21.4. The van der Waals surface area contributed by atoms with E-state index >= 15 is 0 Å². The second-order valence-corrected chi connectivity index (χ2v) is 9.33. The van der Waals surface area contributed by atoms with E-state index in [9.17, 15) is 0 Å². The molecule has 37 heavy (non-hydrogen) atoms. The van der Waals surface area contributed by atoms with Crippen molar-refractivity contribution >= 4 is 28.0 Å². The Labute approximate surface area is 216 Å². The minimum absolute atomic E-state index is 0.830. The standard InChI is InChI=1S/C34H24N2O/c1-23-18-20-25(21-19-23)28-22-27(24-10-3-2-4-11-24)26-12-9-15-31(34(26)35-28)36-29-13-5-7-16-32(29)37-33-17-8-6-14-30(33)36/h2-22H,1H3. The maximum atomic E-state index is 6.28. The van der Waals surface area contributed by atoms with Crippen LogP contribution in [0.15, 0.2) is 127 Å². The van der Waals surface area contributed by atoms with Crippen LogP contribution >= 0.6 is 0 Å². The van der Waals surface area contributed by atoms with Gasteiger partial charge in [0.15, 0.2) is 11.5 Å². The Kier molecular flexibility index (Phi) is 5.00. The van der Waals surface area contributed by atoms with Crippen molar-refractivity contribution in [3.05, 3.63) is 133 Å². The summed E-state index contributed by atoms with van der Waals surface area (Å²) in [6, 6.07) is 44.2. The Hall–Kier alpha value is -4.89. The first-order valence-electron chi connectivity index (χ1n) is 12.5. The molecule has 0 spiro atoms. The fourth-order valence-corrected chi connectivity index (χ4v) is 5.11. The summed E-state index contributed by atoms with van der Waals surface area (Å²) in [5.41, 5.74) is 9.58. The van der Waals surface area contributed by atoms with E-state index in [1.54, 1.807) is 0 Å². The molecule has 6 aromatic rings. The van der Waals surface area contributed by atoms with Gasteiger partial charge in [0.05, 0.1) is 28.3 Å². The SMILES string of the molecule is Cc1ccc(-c2cc(-c3ccccc3)c3cccc(N4c5ccccc5Oc5ccccc54)c3n2)cc1. The van der Waals surface area contributed by atoms with E-state index in [0.717, 1.165) is 56.3 Å². The summed E-state index contributed by atoms with van der Waals surface area (Å²) in [7, 11) is 0. The lowest BCUT2D eigenvalue weighted by Gasteiger charge is -2.33. The zero-order valence-corrected chi connectivity index (χ0v) is 20.4. The zero-order chi connectivity index (χ0) is 24.8. The molecule has 0 amide bonds. The number of para-hydroxylation sites is 5. The van der Waals surface area contributed by atoms with Crippen LogP contribution in [0.4, 0.5) is 17.1 Å². The lowest BCUT2D eigenvalue weighted by atomic mass is 9.97. The maximum Gasteiger partial charge on any atom is 0.151 e. The fourth-order valence-electron chi connectivity index (χ4n) is 5.11. The Morgan fingerprint density at radius 3 is 1.89 bits per heavy atom. The summed E-state index contributed by atoms with van der Waals surface area (Å²) in [5, 5.41) is 1.11. The van der Waals surface area contributed by atoms with Gasteiger partial charge in [-0.1, -0.05) is 96.6 Å². The third kappa shape index (κ3) is 3.64. The first-order chi connectivity index (χ1) is 18.3. The summed E-state index contributed by atoms with van der Waals surface area (Å²) in [5.74, 6) is 1.66. The predicted octanol–water partition coefficient (Wildman–Crippen LogP) is 9.45. The minimum Gasteiger partial charge on any atom is -0.453 e. The molecule has 0 saturated heterocycles. The highest BCUT2D eigenvalue weighted by Gasteiger charge is 2.27. The quantitative estimate of drug-likeness (QED) is 0.254. The molecule has 7 rings (SSSR count). The molecule has 0 fully saturated rings. The van der Waals surface area contributed by atoms with Crippen LogP contribution in [0.1, 0.15) is 5.56 Å². The normalized spacial score (nSPS) is 12.1. The summed E-state index contributed by atoms with van der Waals surface area (Å²) in [4.78, 5) is 7.57. The number of aromatic nitrogens is 1. The lowest BCUT2D eigenvalue weighted by Crippen LogP contribution is -2.16. The van der Waals surface area contributed by atoms with Crippen LogP contribution in [0.3, 0.4) is 0 Å². The summed E-state index contributed by atoms with van der Waals surface area (Å²) in [6.07, 6.45) is 0. The molecule has 0 saturated carbocycles. The molecular weight excluding hydrogens is 452 g/mol. The average Bonchev–Trinajstić information content (AvgIpc) is 2.96. The summed E-state index contributed by atoms with van der Waals surface area (Å²) < 4.78 is 6.28. The Morgan fingerprint density at radius 2 is 1.19 bits per heavy atom. The van der Waals surface area contributed by atoms with Crippen molar-refractivity contribution in [2.45, 2.75) is 6.92 Å². The number of hydrogen-bond acceptors (Lipinski definition) is 3. The van der Waals surface area contributed by atoms with Crippen LogP contribution in [0.25, 0.3) is 33.3 Å². The van der Waals surface area contributed by atoms with Crippen LogP contribution in [-0.4, -0.2) is 4.98 Å². The second-order valence-electron chi connectivity index (χ2n) is 9.33. The Balaban J connectivity index is 1.55. The second kappa shape index (κ2) is 8.65. The third-order valence-corrected chi connectivity index (χ3v) is 6.92. The topological polar surface area (TPSA) is 25.4 Å². The molecule has 1 aromatic heterocycles. The van der Waals surface area contributed by atoms with Crippen molar-refractivity contribution < 1.29 is 4.74 Å². The maximum absolute atomic E-state index is 6.28. The van der Waals surface area contributed by atoms with Crippen LogP contribution in [0, 0.1) is 6.92 Å². The van der Waals surface area contributed by atoms with Crippen molar-refractivity contribution in [3.8, 4) is 33.9 Å². The van der Waals surface area contributed by atoms with Gasteiger partial charge in [-0.2, -0.15) is 0 Å². The van der Waals surface area contributed by atoms with Gasteiger partial charge < -0.3 is 9.64 Å². The van der Waals surface area contributed by atoms with Gasteiger partial charge in [-0.25, -0.2) is 4.98 Å². The molecule has 0 atom stereocenters. The molecule has 176 valence electrons. The Morgan fingerprint density at radius 1 is 0.568 bits per heavy atom. The van der Waals surface area contributed by atoms with Gasteiger partial charge in [0.2, 0.25) is 0 Å². The molecule has 5 aromatic carbocycles. The van der Waals surface area contributed by atoms with Crippen molar-refractivity contribution in [1.29, 1.82) is 0 Å². The van der Waals surface area contributed by atoms with Gasteiger partial charge in [-0.15, -0.1) is 0 Å². The average molecular weight is 477 g/mol. The third-order valence-electron chi connectivity index (χ3n) is 6.92. The van der Waals surface area contributed by atoms with Gasteiger partial charge >= 0.3 is 0 Å². The van der Waals surface area contributed by atoms with E-state index in [0.29, 0.717) is 0 Å². The molecule has 0 radical (unpaired) electrons. The van der Waals surface area contributed by atoms with Crippen LogP contribution in [-0.2, 0) is 0 Å². The number of hydrogen-bond donors (Lipinski definition) is 0. The molecule has 2 heterocycles. The zero-order valence-electron chi connectivity index (χ0n) is 20.4. The largest absolute Gasteiger partial charge is 0.453 e. The molecule has 3 heteroatoms. The van der Waals surface area contributed by atoms with Crippen LogP contribution in [0.5, 0.6) is 11.5 Å². The fraction of sp³-hybridized carbons (Fsp3) is 0.0294. The highest BCUT2D eigenvalue weighted by molar-refractivity contribution is 6.05.